The van der Waals surface area contributed by atoms with Crippen molar-refractivity contribution in [1.82, 2.24) is 38.9 Å². The van der Waals surface area contributed by atoms with E-state index < -0.39 is 5.60 Å². The summed E-state index contributed by atoms with van der Waals surface area (Å²) in [7, 11) is 0. The van der Waals surface area contributed by atoms with Crippen molar-refractivity contribution in [1.29, 1.82) is 0 Å². The van der Waals surface area contributed by atoms with Gasteiger partial charge in [-0.3, -0.25) is 33.6 Å². The number of piperidine rings is 2. The van der Waals surface area contributed by atoms with Crippen LogP contribution in [0.2, 0.25) is 0 Å². The number of nitrogens with zero attached hydrogens (tertiary/aromatic N) is 8. The molecule has 0 radical (unpaired) electrons. The number of amides is 1. The smallest absolute Gasteiger partial charge is 0.262 e. The van der Waals surface area contributed by atoms with Crippen molar-refractivity contribution in [2.24, 2.45) is 5.92 Å². The summed E-state index contributed by atoms with van der Waals surface area (Å²) < 4.78 is 3.33. The lowest BCUT2D eigenvalue weighted by atomic mass is 9.79. The minimum atomic E-state index is -1.12. The lowest BCUT2D eigenvalue weighted by molar-refractivity contribution is -0.142. The molecule has 2 fully saturated rings. The Kier molecular flexibility index (Phi) is 9.05. The van der Waals surface area contributed by atoms with E-state index in [0.29, 0.717) is 37.0 Å². The second kappa shape index (κ2) is 13.9. The molecule has 2 aliphatic rings. The standard InChI is InChI=1S/C39H40N8O3S/c1-27-9-10-29(20-41-27)36-42-22-31(51-36)23-44-16-11-32(34(24-44)28-6-3-2-4-7-28)37(48)45-18-13-39(50,14-19-45)25-46-26-43-35-33(38(46)49)12-17-47(35)30-8-5-15-40-21-30/h2-10,12,15,17,20-22,26,32,34,50H,11,13-14,16,18-19,23-25H2,1H3/t32-,34+/m1/s1. The van der Waals surface area contributed by atoms with Gasteiger partial charge in [-0.05, 0) is 68.6 Å². The molecule has 2 saturated heterocycles. The minimum Gasteiger partial charge on any atom is -0.388 e. The van der Waals surface area contributed by atoms with E-state index in [1.54, 1.807) is 29.8 Å². The Morgan fingerprint density at radius 1 is 0.961 bits per heavy atom. The number of likely N-dealkylation sites (tertiary alicyclic amines) is 2. The van der Waals surface area contributed by atoms with E-state index in [4.69, 9.17) is 0 Å². The third-order valence-corrected chi connectivity index (χ3v) is 11.4. The predicted molar refractivity (Wildman–Crippen MR) is 197 cm³/mol. The van der Waals surface area contributed by atoms with Crippen LogP contribution < -0.4 is 5.56 Å². The van der Waals surface area contributed by atoms with Crippen LogP contribution in [0.1, 0.15) is 41.3 Å². The second-order valence-electron chi connectivity index (χ2n) is 13.8. The maximum absolute atomic E-state index is 14.2. The molecule has 2 aliphatic heterocycles. The highest BCUT2D eigenvalue weighted by Gasteiger charge is 2.41. The van der Waals surface area contributed by atoms with Gasteiger partial charge in [-0.1, -0.05) is 30.3 Å². The van der Waals surface area contributed by atoms with Gasteiger partial charge in [-0.25, -0.2) is 9.97 Å². The van der Waals surface area contributed by atoms with E-state index >= 15 is 0 Å². The minimum absolute atomic E-state index is 0.0531. The van der Waals surface area contributed by atoms with Crippen LogP contribution in [-0.4, -0.2) is 81.7 Å². The number of hydrogen-bond donors (Lipinski definition) is 1. The van der Waals surface area contributed by atoms with Crippen molar-refractivity contribution in [3.8, 4) is 16.3 Å². The average Bonchev–Trinajstić information content (AvgIpc) is 3.82. The summed E-state index contributed by atoms with van der Waals surface area (Å²) in [4.78, 5) is 51.1. The number of benzene rings is 1. The van der Waals surface area contributed by atoms with Gasteiger partial charge in [0, 0.05) is 78.9 Å². The Balaban J connectivity index is 0.929. The highest BCUT2D eigenvalue weighted by molar-refractivity contribution is 7.15. The van der Waals surface area contributed by atoms with Crippen LogP contribution in [0.5, 0.6) is 0 Å². The average molecular weight is 701 g/mol. The van der Waals surface area contributed by atoms with E-state index in [1.807, 2.05) is 71.4 Å². The summed E-state index contributed by atoms with van der Waals surface area (Å²) >= 11 is 1.69. The summed E-state index contributed by atoms with van der Waals surface area (Å²) in [6.07, 6.45) is 12.1. The topological polar surface area (TPSA) is 122 Å². The zero-order valence-electron chi connectivity index (χ0n) is 28.5. The number of rotatable bonds is 8. The van der Waals surface area contributed by atoms with Crippen LogP contribution in [0, 0.1) is 12.8 Å². The molecule has 1 amide bonds. The maximum atomic E-state index is 14.2. The van der Waals surface area contributed by atoms with Gasteiger partial charge in [-0.2, -0.15) is 0 Å². The number of aryl methyl sites for hydroxylation is 1. The van der Waals surface area contributed by atoms with Gasteiger partial charge in [0.1, 0.15) is 11.3 Å². The molecule has 1 aromatic carbocycles. The van der Waals surface area contributed by atoms with Crippen LogP contribution in [-0.2, 0) is 17.9 Å². The molecule has 260 valence electrons. The second-order valence-corrected chi connectivity index (χ2v) is 14.9. The molecule has 0 unspecified atom stereocenters. The molecule has 5 aromatic heterocycles. The number of pyridine rings is 2. The predicted octanol–water partition coefficient (Wildman–Crippen LogP) is 5.07. The fourth-order valence-corrected chi connectivity index (χ4v) is 8.49. The Bertz CT molecular complexity index is 2190. The molecule has 0 saturated carbocycles. The zero-order chi connectivity index (χ0) is 35.0. The molecule has 0 bridgehead atoms. The van der Waals surface area contributed by atoms with Crippen molar-refractivity contribution in [2.45, 2.75) is 50.8 Å². The van der Waals surface area contributed by atoms with Gasteiger partial charge in [0.15, 0.2) is 5.65 Å². The molecule has 11 nitrogen and oxygen atoms in total. The summed E-state index contributed by atoms with van der Waals surface area (Å²) in [6, 6.07) is 19.9. The van der Waals surface area contributed by atoms with Gasteiger partial charge in [0.2, 0.25) is 5.91 Å². The third-order valence-electron chi connectivity index (χ3n) is 10.4. The normalized spacial score (nSPS) is 19.4. The molecule has 51 heavy (non-hydrogen) atoms. The van der Waals surface area contributed by atoms with Crippen molar-refractivity contribution in [3.63, 3.8) is 0 Å². The third kappa shape index (κ3) is 6.86. The first-order chi connectivity index (χ1) is 24.8. The monoisotopic (exact) mass is 700 g/mol. The lowest BCUT2D eigenvalue weighted by Gasteiger charge is -2.43. The first-order valence-corrected chi connectivity index (χ1v) is 18.3. The van der Waals surface area contributed by atoms with Crippen LogP contribution in [0.4, 0.5) is 0 Å². The largest absolute Gasteiger partial charge is 0.388 e. The van der Waals surface area contributed by atoms with Gasteiger partial charge in [0.05, 0.1) is 29.4 Å². The van der Waals surface area contributed by atoms with Crippen LogP contribution in [0.25, 0.3) is 27.3 Å². The highest BCUT2D eigenvalue weighted by atomic mass is 32.1. The van der Waals surface area contributed by atoms with Gasteiger partial charge in [0.25, 0.3) is 5.56 Å². The Hall–Kier alpha value is -5.04. The van der Waals surface area contributed by atoms with E-state index in [9.17, 15) is 14.7 Å². The van der Waals surface area contributed by atoms with E-state index in [2.05, 4.69) is 43.0 Å². The SMILES string of the molecule is Cc1ccc(-c2ncc(CN3CC[C@@H](C(=O)N4CCC(O)(Cn5cnc6c(ccn6-c6cccnc6)c5=O)CC4)[C@H](c4ccccc4)C3)s2)cn1. The number of aliphatic hydroxyl groups is 1. The maximum Gasteiger partial charge on any atom is 0.262 e. The Morgan fingerprint density at radius 2 is 1.80 bits per heavy atom. The Labute approximate surface area is 299 Å². The highest BCUT2D eigenvalue weighted by Crippen LogP contribution is 2.37. The zero-order valence-corrected chi connectivity index (χ0v) is 29.3. The van der Waals surface area contributed by atoms with E-state index in [0.717, 1.165) is 48.0 Å². The summed E-state index contributed by atoms with van der Waals surface area (Å²) in [5.41, 5.74) is 3.23. The van der Waals surface area contributed by atoms with E-state index in [-0.39, 0.29) is 29.8 Å². The van der Waals surface area contributed by atoms with Crippen molar-refractivity contribution in [3.05, 3.63) is 124 Å². The number of hydrogen-bond acceptors (Lipinski definition) is 9. The lowest BCUT2D eigenvalue weighted by Crippen LogP contribution is -2.53. The van der Waals surface area contributed by atoms with Crippen molar-refractivity contribution < 1.29 is 9.90 Å². The molecule has 6 aromatic rings. The number of carbonyl (C=O) groups is 1. The summed E-state index contributed by atoms with van der Waals surface area (Å²) in [6.45, 7) is 5.36. The summed E-state index contributed by atoms with van der Waals surface area (Å²) in [5, 5.41) is 13.1. The quantitative estimate of drug-likeness (QED) is 0.234. The molecular formula is C39H40N8O3S. The molecule has 2 atom stereocenters. The number of carbonyl (C=O) groups excluding carboxylic acids is 1. The van der Waals surface area contributed by atoms with Gasteiger partial charge >= 0.3 is 0 Å². The molecule has 8 rings (SSSR count). The number of thiazole rings is 1. The Morgan fingerprint density at radius 3 is 2.57 bits per heavy atom. The van der Waals surface area contributed by atoms with E-state index in [1.165, 1.54) is 21.3 Å². The van der Waals surface area contributed by atoms with Crippen LogP contribution >= 0.6 is 11.3 Å². The van der Waals surface area contributed by atoms with Crippen molar-refractivity contribution in [2.75, 3.05) is 26.2 Å². The fraction of sp³-hybridized carbons (Fsp3) is 0.333. The van der Waals surface area contributed by atoms with Crippen molar-refractivity contribution >= 4 is 28.3 Å². The first kappa shape index (κ1) is 33.1. The molecule has 7 heterocycles. The molecule has 12 heteroatoms. The molecule has 0 spiro atoms. The molecular weight excluding hydrogens is 661 g/mol. The number of aromatic nitrogens is 6. The number of fused-ring (bicyclic) bond motifs is 1. The molecule has 0 aliphatic carbocycles. The molecule has 1 N–H and O–H groups in total. The van der Waals surface area contributed by atoms with Crippen LogP contribution in [0.15, 0.2) is 103 Å². The van der Waals surface area contributed by atoms with Crippen LogP contribution in [0.3, 0.4) is 0 Å². The van der Waals surface area contributed by atoms with Gasteiger partial charge in [-0.15, -0.1) is 11.3 Å². The van der Waals surface area contributed by atoms with Gasteiger partial charge < -0.3 is 10.0 Å². The fourth-order valence-electron chi connectivity index (χ4n) is 7.55. The summed E-state index contributed by atoms with van der Waals surface area (Å²) in [5.74, 6) is 0.0513. The first-order valence-electron chi connectivity index (χ1n) is 17.5.